The first-order valence-electron chi connectivity index (χ1n) is 8.28. The lowest BCUT2D eigenvalue weighted by Crippen LogP contribution is -2.48. The summed E-state index contributed by atoms with van der Waals surface area (Å²) in [6.07, 6.45) is 2.36. The van der Waals surface area contributed by atoms with E-state index in [1.54, 1.807) is 24.3 Å². The van der Waals surface area contributed by atoms with E-state index in [1.807, 2.05) is 18.7 Å². The molecule has 1 heterocycles. The Morgan fingerprint density at radius 3 is 2.46 bits per heavy atom. The summed E-state index contributed by atoms with van der Waals surface area (Å²) in [7, 11) is 0. The standard InChI is InChI=1S/C17H24FN3O2S/c1-3-12(2)16(22)21-10-8-14(9-11-21)20-17(23)19-13-4-6-15(24-18)7-5-13/h4-7,12,14H,3,8-11H2,1-2H3,(H2,19,20,23)/t12-/m0/s1. The van der Waals surface area contributed by atoms with Crippen molar-refractivity contribution in [2.75, 3.05) is 18.4 Å². The van der Waals surface area contributed by atoms with Crippen LogP contribution >= 0.6 is 12.1 Å². The van der Waals surface area contributed by atoms with Crippen LogP contribution in [0.4, 0.5) is 14.4 Å². The Labute approximate surface area is 146 Å². The third-order valence-electron chi connectivity index (χ3n) is 4.38. The zero-order chi connectivity index (χ0) is 17.5. The molecule has 1 fully saturated rings. The van der Waals surface area contributed by atoms with E-state index < -0.39 is 0 Å². The summed E-state index contributed by atoms with van der Waals surface area (Å²) in [6.45, 7) is 5.32. The van der Waals surface area contributed by atoms with Crippen molar-refractivity contribution < 1.29 is 13.5 Å². The Kier molecular flexibility index (Phi) is 6.90. The number of anilines is 1. The average molecular weight is 353 g/mol. The molecule has 132 valence electrons. The van der Waals surface area contributed by atoms with E-state index in [-0.39, 0.29) is 36.0 Å². The fourth-order valence-electron chi connectivity index (χ4n) is 2.67. The molecule has 0 saturated carbocycles. The fourth-order valence-corrected chi connectivity index (χ4v) is 2.91. The van der Waals surface area contributed by atoms with Gasteiger partial charge in [-0.1, -0.05) is 13.8 Å². The van der Waals surface area contributed by atoms with Crippen LogP contribution in [0.2, 0.25) is 0 Å². The van der Waals surface area contributed by atoms with Gasteiger partial charge in [0.15, 0.2) is 0 Å². The number of nitrogens with zero attached hydrogens (tertiary/aromatic N) is 1. The highest BCUT2D eigenvalue weighted by Gasteiger charge is 2.25. The highest BCUT2D eigenvalue weighted by atomic mass is 32.2. The van der Waals surface area contributed by atoms with Gasteiger partial charge in [-0.15, -0.1) is 0 Å². The summed E-state index contributed by atoms with van der Waals surface area (Å²) in [5.41, 5.74) is 0.620. The van der Waals surface area contributed by atoms with Crippen LogP contribution in [0, 0.1) is 5.92 Å². The number of urea groups is 1. The maximum Gasteiger partial charge on any atom is 0.319 e. The van der Waals surface area contributed by atoms with Crippen LogP contribution in [-0.4, -0.2) is 36.0 Å². The summed E-state index contributed by atoms with van der Waals surface area (Å²) in [5, 5.41) is 5.67. The molecule has 2 N–H and O–H groups in total. The van der Waals surface area contributed by atoms with Gasteiger partial charge >= 0.3 is 6.03 Å². The Bertz CT molecular complexity index is 559. The van der Waals surface area contributed by atoms with Gasteiger partial charge in [-0.3, -0.25) is 4.79 Å². The van der Waals surface area contributed by atoms with Gasteiger partial charge in [0.25, 0.3) is 0 Å². The number of benzene rings is 1. The van der Waals surface area contributed by atoms with Crippen LogP contribution in [0.25, 0.3) is 0 Å². The van der Waals surface area contributed by atoms with E-state index in [2.05, 4.69) is 10.6 Å². The third-order valence-corrected chi connectivity index (χ3v) is 4.83. The van der Waals surface area contributed by atoms with Gasteiger partial charge < -0.3 is 15.5 Å². The van der Waals surface area contributed by atoms with Crippen LogP contribution < -0.4 is 10.6 Å². The first-order valence-corrected chi connectivity index (χ1v) is 9.00. The third kappa shape index (κ3) is 5.12. The summed E-state index contributed by atoms with van der Waals surface area (Å²) in [6, 6.07) is 6.33. The number of amides is 3. The van der Waals surface area contributed by atoms with Crippen molar-refractivity contribution in [1.82, 2.24) is 10.2 Å². The van der Waals surface area contributed by atoms with Crippen molar-refractivity contribution in [3.05, 3.63) is 24.3 Å². The summed E-state index contributed by atoms with van der Waals surface area (Å²) in [5.74, 6) is 0.259. The summed E-state index contributed by atoms with van der Waals surface area (Å²) < 4.78 is 12.4. The number of halogens is 1. The molecular weight excluding hydrogens is 329 g/mol. The molecule has 0 bridgehead atoms. The van der Waals surface area contributed by atoms with Crippen molar-refractivity contribution in [1.29, 1.82) is 0 Å². The van der Waals surface area contributed by atoms with Crippen LogP contribution in [0.3, 0.4) is 0 Å². The fraction of sp³-hybridized carbons (Fsp3) is 0.529. The van der Waals surface area contributed by atoms with E-state index in [9.17, 15) is 13.5 Å². The van der Waals surface area contributed by atoms with E-state index in [0.29, 0.717) is 23.7 Å². The second-order valence-corrected chi connectivity index (χ2v) is 6.73. The van der Waals surface area contributed by atoms with E-state index >= 15 is 0 Å². The van der Waals surface area contributed by atoms with E-state index in [4.69, 9.17) is 0 Å². The SMILES string of the molecule is CC[C@H](C)C(=O)N1CCC(NC(=O)Nc2ccc(SF)cc2)CC1. The molecule has 0 unspecified atom stereocenters. The molecule has 1 aromatic rings. The van der Waals surface area contributed by atoms with Crippen molar-refractivity contribution in [2.24, 2.45) is 5.92 Å². The zero-order valence-corrected chi connectivity index (χ0v) is 14.9. The maximum absolute atomic E-state index is 12.4. The lowest BCUT2D eigenvalue weighted by molar-refractivity contribution is -0.136. The smallest absolute Gasteiger partial charge is 0.319 e. The molecule has 1 saturated heterocycles. The monoisotopic (exact) mass is 353 g/mol. The molecule has 1 aliphatic heterocycles. The van der Waals surface area contributed by atoms with Crippen LogP contribution in [-0.2, 0) is 4.79 Å². The van der Waals surface area contributed by atoms with Crippen LogP contribution in [0.5, 0.6) is 0 Å². The molecule has 0 radical (unpaired) electrons. The molecule has 24 heavy (non-hydrogen) atoms. The summed E-state index contributed by atoms with van der Waals surface area (Å²) >= 11 is 0.170. The molecule has 1 atom stereocenters. The number of nitrogens with one attached hydrogen (secondary N) is 2. The van der Waals surface area contributed by atoms with Gasteiger partial charge in [0, 0.05) is 35.6 Å². The lowest BCUT2D eigenvalue weighted by atomic mass is 10.0. The minimum Gasteiger partial charge on any atom is -0.342 e. The number of rotatable bonds is 5. The van der Waals surface area contributed by atoms with Crippen molar-refractivity contribution in [3.63, 3.8) is 0 Å². The Hall–Kier alpha value is -1.76. The number of hydrogen-bond acceptors (Lipinski definition) is 3. The molecule has 1 aromatic carbocycles. The topological polar surface area (TPSA) is 61.4 Å². The van der Waals surface area contributed by atoms with Crippen molar-refractivity contribution in [2.45, 2.75) is 44.0 Å². The highest BCUT2D eigenvalue weighted by molar-refractivity contribution is 7.94. The first-order chi connectivity index (χ1) is 11.5. The Balaban J connectivity index is 1.76. The molecular formula is C17H24FN3O2S. The van der Waals surface area contributed by atoms with E-state index in [1.165, 1.54) is 0 Å². The number of carbonyl (C=O) groups is 2. The number of piperidine rings is 1. The van der Waals surface area contributed by atoms with Gasteiger partial charge in [-0.05, 0) is 43.5 Å². The minimum atomic E-state index is -0.276. The normalized spacial score (nSPS) is 16.5. The van der Waals surface area contributed by atoms with Gasteiger partial charge in [-0.2, -0.15) is 3.89 Å². The zero-order valence-electron chi connectivity index (χ0n) is 14.0. The summed E-state index contributed by atoms with van der Waals surface area (Å²) in [4.78, 5) is 26.6. The lowest BCUT2D eigenvalue weighted by Gasteiger charge is -2.33. The molecule has 1 aliphatic rings. The van der Waals surface area contributed by atoms with Gasteiger partial charge in [0.2, 0.25) is 5.91 Å². The predicted molar refractivity (Wildman–Crippen MR) is 94.6 cm³/mol. The molecule has 0 aromatic heterocycles. The second-order valence-electron chi connectivity index (χ2n) is 6.11. The molecule has 2 rings (SSSR count). The van der Waals surface area contributed by atoms with Crippen LogP contribution in [0.1, 0.15) is 33.1 Å². The predicted octanol–water partition coefficient (Wildman–Crippen LogP) is 3.82. The largest absolute Gasteiger partial charge is 0.342 e. The quantitative estimate of drug-likeness (QED) is 0.846. The molecule has 0 aliphatic carbocycles. The number of carbonyl (C=O) groups excluding carboxylic acids is 2. The minimum absolute atomic E-state index is 0.0586. The Morgan fingerprint density at radius 2 is 1.92 bits per heavy atom. The Morgan fingerprint density at radius 1 is 1.29 bits per heavy atom. The average Bonchev–Trinajstić information content (AvgIpc) is 2.61. The number of hydrogen-bond donors (Lipinski definition) is 2. The molecule has 0 spiro atoms. The van der Waals surface area contributed by atoms with Gasteiger partial charge in [0.05, 0.1) is 12.1 Å². The molecule has 5 nitrogen and oxygen atoms in total. The molecule has 7 heteroatoms. The first kappa shape index (κ1) is 18.6. The molecule has 3 amide bonds. The number of likely N-dealkylation sites (tertiary alicyclic amines) is 1. The van der Waals surface area contributed by atoms with Gasteiger partial charge in [0.1, 0.15) is 0 Å². The second kappa shape index (κ2) is 8.92. The van der Waals surface area contributed by atoms with Crippen molar-refractivity contribution >= 4 is 29.8 Å². The van der Waals surface area contributed by atoms with Gasteiger partial charge in [-0.25, -0.2) is 4.79 Å². The highest BCUT2D eigenvalue weighted by Crippen LogP contribution is 2.21. The van der Waals surface area contributed by atoms with E-state index in [0.717, 1.165) is 19.3 Å². The van der Waals surface area contributed by atoms with Crippen LogP contribution in [0.15, 0.2) is 29.2 Å². The van der Waals surface area contributed by atoms with Crippen molar-refractivity contribution in [3.8, 4) is 0 Å². The maximum atomic E-state index is 12.4.